The number of aliphatic hydroxyl groups is 1. The van der Waals surface area contributed by atoms with Gasteiger partial charge in [0.25, 0.3) is 0 Å². The van der Waals surface area contributed by atoms with E-state index in [1.165, 1.54) is 6.07 Å². The van der Waals surface area contributed by atoms with Crippen molar-refractivity contribution >= 4 is 15.9 Å². The molecule has 0 saturated carbocycles. The largest absolute Gasteiger partial charge is 0.416 e. The summed E-state index contributed by atoms with van der Waals surface area (Å²) < 4.78 is 38.5. The summed E-state index contributed by atoms with van der Waals surface area (Å²) in [6.45, 7) is 4.03. The third kappa shape index (κ3) is 4.49. The van der Waals surface area contributed by atoms with Gasteiger partial charge in [0.2, 0.25) is 0 Å². The van der Waals surface area contributed by atoms with E-state index in [0.29, 0.717) is 22.4 Å². The van der Waals surface area contributed by atoms with Gasteiger partial charge in [-0.05, 0) is 36.1 Å². The van der Waals surface area contributed by atoms with Gasteiger partial charge in [0.1, 0.15) is 0 Å². The second-order valence-electron chi connectivity index (χ2n) is 4.67. The summed E-state index contributed by atoms with van der Waals surface area (Å²) in [5.74, 6) is 0.316. The summed E-state index contributed by atoms with van der Waals surface area (Å²) in [6.07, 6.45) is -2.97. The molecule has 0 heterocycles. The van der Waals surface area contributed by atoms with Crippen molar-refractivity contribution in [3.05, 3.63) is 33.8 Å². The van der Waals surface area contributed by atoms with Crippen molar-refractivity contribution in [2.24, 2.45) is 5.92 Å². The lowest BCUT2D eigenvalue weighted by molar-refractivity contribution is -0.137. The maximum absolute atomic E-state index is 12.7. The van der Waals surface area contributed by atoms with Crippen LogP contribution < -0.4 is 0 Å². The number of hydrogen-bond acceptors (Lipinski definition) is 1. The summed E-state index contributed by atoms with van der Waals surface area (Å²) >= 11 is 3.20. The van der Waals surface area contributed by atoms with Crippen LogP contribution in [0.3, 0.4) is 0 Å². The smallest absolute Gasteiger partial charge is 0.388 e. The Hall–Kier alpha value is -0.550. The molecule has 1 unspecified atom stereocenters. The van der Waals surface area contributed by atoms with Crippen molar-refractivity contribution < 1.29 is 18.3 Å². The molecule has 1 aromatic carbocycles. The number of halogens is 4. The van der Waals surface area contributed by atoms with Crippen LogP contribution in [0.5, 0.6) is 0 Å². The van der Waals surface area contributed by atoms with Crippen LogP contribution in [0, 0.1) is 5.92 Å². The molecule has 0 saturated heterocycles. The summed E-state index contributed by atoms with van der Waals surface area (Å²) in [5, 5.41) is 10.1. The van der Waals surface area contributed by atoms with Crippen molar-refractivity contribution in [3.63, 3.8) is 0 Å². The minimum Gasteiger partial charge on any atom is -0.388 e. The zero-order chi connectivity index (χ0) is 14.6. The Labute approximate surface area is 120 Å². The Bertz CT molecular complexity index is 414. The number of rotatable bonds is 5. The Morgan fingerprint density at radius 2 is 1.79 bits per heavy atom. The van der Waals surface area contributed by atoms with E-state index in [2.05, 4.69) is 15.9 Å². The minimum atomic E-state index is -4.38. The standard InChI is InChI=1S/C14H18BrF3O/c1-3-9(4-2)7-13(19)11-8-10(14(16,17)18)5-6-12(11)15/h5-6,8-9,13,19H,3-4,7H2,1-2H3. The monoisotopic (exact) mass is 338 g/mol. The average Bonchev–Trinajstić information content (AvgIpc) is 2.34. The highest BCUT2D eigenvalue weighted by Crippen LogP contribution is 2.36. The summed E-state index contributed by atoms with van der Waals surface area (Å²) in [7, 11) is 0. The SMILES string of the molecule is CCC(CC)CC(O)c1cc(C(F)(F)F)ccc1Br. The number of alkyl halides is 3. The molecule has 5 heteroatoms. The lowest BCUT2D eigenvalue weighted by Gasteiger charge is -2.20. The van der Waals surface area contributed by atoms with E-state index in [4.69, 9.17) is 0 Å². The Kier molecular flexibility index (Phi) is 5.86. The van der Waals surface area contributed by atoms with Crippen LogP contribution in [0.1, 0.15) is 50.3 Å². The van der Waals surface area contributed by atoms with Gasteiger partial charge in [-0.2, -0.15) is 13.2 Å². The number of benzene rings is 1. The van der Waals surface area contributed by atoms with Crippen molar-refractivity contribution in [2.75, 3.05) is 0 Å². The fourth-order valence-corrected chi connectivity index (χ4v) is 2.55. The van der Waals surface area contributed by atoms with Crippen LogP contribution in [-0.2, 0) is 6.18 Å². The van der Waals surface area contributed by atoms with Gasteiger partial charge in [0.15, 0.2) is 0 Å². The summed E-state index contributed by atoms with van der Waals surface area (Å²) in [5.41, 5.74) is -0.420. The van der Waals surface area contributed by atoms with Crippen molar-refractivity contribution in [2.45, 2.75) is 45.4 Å². The molecule has 1 nitrogen and oxygen atoms in total. The molecule has 19 heavy (non-hydrogen) atoms. The maximum atomic E-state index is 12.7. The first-order chi connectivity index (χ1) is 8.79. The first kappa shape index (κ1) is 16.5. The van der Waals surface area contributed by atoms with Crippen molar-refractivity contribution in [3.8, 4) is 0 Å². The predicted molar refractivity (Wildman–Crippen MR) is 72.8 cm³/mol. The molecule has 108 valence electrons. The number of hydrogen-bond donors (Lipinski definition) is 1. The zero-order valence-electron chi connectivity index (χ0n) is 11.0. The molecule has 0 fully saturated rings. The molecule has 1 rings (SSSR count). The summed E-state index contributed by atoms with van der Waals surface area (Å²) in [4.78, 5) is 0. The van der Waals surface area contributed by atoms with Gasteiger partial charge < -0.3 is 5.11 Å². The maximum Gasteiger partial charge on any atom is 0.416 e. The Balaban J connectivity index is 2.98. The Morgan fingerprint density at radius 3 is 2.26 bits per heavy atom. The van der Waals surface area contributed by atoms with Gasteiger partial charge in [-0.25, -0.2) is 0 Å². The second kappa shape index (κ2) is 6.75. The minimum absolute atomic E-state index is 0.307. The normalized spacial score (nSPS) is 13.9. The predicted octanol–water partition coefficient (Wildman–Crippen LogP) is 5.33. The molecule has 0 amide bonds. The van der Waals surface area contributed by atoms with Gasteiger partial charge in [0, 0.05) is 4.47 Å². The molecule has 0 spiro atoms. The van der Waals surface area contributed by atoms with E-state index >= 15 is 0 Å². The lowest BCUT2D eigenvalue weighted by Crippen LogP contribution is -2.10. The molecule has 0 bridgehead atoms. The fraction of sp³-hybridized carbons (Fsp3) is 0.571. The van der Waals surface area contributed by atoms with Gasteiger partial charge >= 0.3 is 6.18 Å². The fourth-order valence-electron chi connectivity index (χ4n) is 2.04. The van der Waals surface area contributed by atoms with E-state index in [1.54, 1.807) is 0 Å². The van der Waals surface area contributed by atoms with E-state index in [0.717, 1.165) is 25.0 Å². The molecule has 0 aliphatic carbocycles. The molecule has 1 aromatic rings. The molecule has 1 N–H and O–H groups in total. The van der Waals surface area contributed by atoms with E-state index in [1.807, 2.05) is 13.8 Å². The third-order valence-corrected chi connectivity index (χ3v) is 4.12. The quantitative estimate of drug-likeness (QED) is 0.769. The van der Waals surface area contributed by atoms with Gasteiger partial charge in [0.05, 0.1) is 11.7 Å². The first-order valence-electron chi connectivity index (χ1n) is 6.34. The van der Waals surface area contributed by atoms with Gasteiger partial charge in [-0.1, -0.05) is 42.6 Å². The van der Waals surface area contributed by atoms with Crippen LogP contribution >= 0.6 is 15.9 Å². The topological polar surface area (TPSA) is 20.2 Å². The van der Waals surface area contributed by atoms with Crippen LogP contribution in [0.2, 0.25) is 0 Å². The van der Waals surface area contributed by atoms with Crippen LogP contribution in [0.15, 0.2) is 22.7 Å². The first-order valence-corrected chi connectivity index (χ1v) is 7.13. The van der Waals surface area contributed by atoms with Gasteiger partial charge in [-0.15, -0.1) is 0 Å². The third-order valence-electron chi connectivity index (χ3n) is 3.39. The van der Waals surface area contributed by atoms with Crippen molar-refractivity contribution in [1.29, 1.82) is 0 Å². The Morgan fingerprint density at radius 1 is 1.21 bits per heavy atom. The number of aliphatic hydroxyl groups excluding tert-OH is 1. The van der Waals surface area contributed by atoms with E-state index in [9.17, 15) is 18.3 Å². The highest BCUT2D eigenvalue weighted by Gasteiger charge is 2.31. The van der Waals surface area contributed by atoms with Crippen LogP contribution in [0.4, 0.5) is 13.2 Å². The highest BCUT2D eigenvalue weighted by molar-refractivity contribution is 9.10. The van der Waals surface area contributed by atoms with Crippen LogP contribution in [0.25, 0.3) is 0 Å². The van der Waals surface area contributed by atoms with E-state index in [-0.39, 0.29) is 0 Å². The van der Waals surface area contributed by atoms with E-state index < -0.39 is 17.8 Å². The highest BCUT2D eigenvalue weighted by atomic mass is 79.9. The molecule has 0 radical (unpaired) electrons. The second-order valence-corrected chi connectivity index (χ2v) is 5.52. The molecule has 0 aromatic heterocycles. The van der Waals surface area contributed by atoms with Gasteiger partial charge in [-0.3, -0.25) is 0 Å². The lowest BCUT2D eigenvalue weighted by atomic mass is 9.92. The molecule has 1 atom stereocenters. The molecule has 0 aliphatic rings. The molecular formula is C14H18BrF3O. The average molecular weight is 339 g/mol. The molecule has 0 aliphatic heterocycles. The molecular weight excluding hydrogens is 321 g/mol. The van der Waals surface area contributed by atoms with Crippen molar-refractivity contribution in [1.82, 2.24) is 0 Å². The zero-order valence-corrected chi connectivity index (χ0v) is 12.6. The van der Waals surface area contributed by atoms with Crippen LogP contribution in [-0.4, -0.2) is 5.11 Å². The summed E-state index contributed by atoms with van der Waals surface area (Å²) in [6, 6.07) is 3.38.